The second-order valence-corrected chi connectivity index (χ2v) is 6.90. The highest BCUT2D eigenvalue weighted by atomic mass is 16.2. The Hall–Kier alpha value is -0.570. The van der Waals surface area contributed by atoms with Gasteiger partial charge in [0.25, 0.3) is 0 Å². The first-order chi connectivity index (χ1) is 9.06. The molecular weight excluding hydrogens is 236 g/mol. The number of carbonyl (C=O) groups is 1. The molecular formula is C16H30N2O. The summed E-state index contributed by atoms with van der Waals surface area (Å²) in [4.78, 5) is 15.1. The Labute approximate surface area is 118 Å². The first-order valence-corrected chi connectivity index (χ1v) is 8.10. The maximum absolute atomic E-state index is 12.9. The Morgan fingerprint density at radius 2 is 1.89 bits per heavy atom. The van der Waals surface area contributed by atoms with E-state index in [0.717, 1.165) is 19.5 Å². The maximum atomic E-state index is 12.9. The van der Waals surface area contributed by atoms with Gasteiger partial charge in [-0.1, -0.05) is 33.1 Å². The molecule has 3 heteroatoms. The first kappa shape index (κ1) is 14.8. The molecule has 2 rings (SSSR count). The molecule has 0 spiro atoms. The summed E-state index contributed by atoms with van der Waals surface area (Å²) in [5.41, 5.74) is 0.0947. The summed E-state index contributed by atoms with van der Waals surface area (Å²) in [6, 6.07) is 0.508. The summed E-state index contributed by atoms with van der Waals surface area (Å²) in [6.45, 7) is 8.44. The van der Waals surface area contributed by atoms with Crippen LogP contribution in [0.15, 0.2) is 0 Å². The lowest BCUT2D eigenvalue weighted by Crippen LogP contribution is -2.58. The fourth-order valence-corrected chi connectivity index (χ4v) is 3.79. The molecule has 1 heterocycles. The zero-order valence-corrected chi connectivity index (χ0v) is 12.9. The van der Waals surface area contributed by atoms with E-state index in [2.05, 4.69) is 31.0 Å². The predicted octanol–water partition coefficient (Wildman–Crippen LogP) is 2.95. The zero-order valence-electron chi connectivity index (χ0n) is 12.9. The minimum absolute atomic E-state index is 0.0168. The molecule has 1 amide bonds. The summed E-state index contributed by atoms with van der Waals surface area (Å²) in [6.07, 6.45) is 8.66. The summed E-state index contributed by atoms with van der Waals surface area (Å²) in [5.74, 6) is 0.346. The Balaban J connectivity index is 2.06. The second kappa shape index (κ2) is 6.25. The number of piperidine rings is 1. The lowest BCUT2D eigenvalue weighted by atomic mass is 9.76. The predicted molar refractivity (Wildman–Crippen MR) is 79.1 cm³/mol. The van der Waals surface area contributed by atoms with Crippen LogP contribution >= 0.6 is 0 Å². The van der Waals surface area contributed by atoms with Crippen molar-refractivity contribution >= 4 is 5.91 Å². The van der Waals surface area contributed by atoms with Gasteiger partial charge in [-0.25, -0.2) is 0 Å². The van der Waals surface area contributed by atoms with Gasteiger partial charge in [-0.3, -0.25) is 4.79 Å². The van der Waals surface area contributed by atoms with Crippen LogP contribution in [0.5, 0.6) is 0 Å². The van der Waals surface area contributed by atoms with E-state index < -0.39 is 0 Å². The molecule has 2 fully saturated rings. The lowest BCUT2D eigenvalue weighted by molar-refractivity contribution is -0.140. The van der Waals surface area contributed by atoms with Gasteiger partial charge in [-0.15, -0.1) is 0 Å². The van der Waals surface area contributed by atoms with Gasteiger partial charge in [0, 0.05) is 12.6 Å². The van der Waals surface area contributed by atoms with Crippen molar-refractivity contribution in [2.75, 3.05) is 13.1 Å². The van der Waals surface area contributed by atoms with E-state index in [1.165, 1.54) is 38.5 Å². The smallest absolute Gasteiger partial charge is 0.240 e. The monoisotopic (exact) mass is 266 g/mol. The highest BCUT2D eigenvalue weighted by Crippen LogP contribution is 2.32. The summed E-state index contributed by atoms with van der Waals surface area (Å²) in [5, 5.41) is 3.47. The molecule has 1 saturated heterocycles. The minimum Gasteiger partial charge on any atom is -0.339 e. The van der Waals surface area contributed by atoms with Crippen molar-refractivity contribution in [3.8, 4) is 0 Å². The minimum atomic E-state index is 0.0168. The van der Waals surface area contributed by atoms with Crippen molar-refractivity contribution in [2.45, 2.75) is 77.8 Å². The number of hydrogen-bond donors (Lipinski definition) is 1. The number of carbonyl (C=O) groups excluding carboxylic acids is 1. The van der Waals surface area contributed by atoms with Crippen molar-refractivity contribution in [3.05, 3.63) is 0 Å². The molecule has 110 valence electrons. The van der Waals surface area contributed by atoms with Crippen LogP contribution in [0.2, 0.25) is 0 Å². The Kier molecular flexibility index (Phi) is 4.88. The Morgan fingerprint density at radius 3 is 2.47 bits per heavy atom. The molecule has 1 unspecified atom stereocenters. The van der Waals surface area contributed by atoms with Crippen LogP contribution in [0, 0.1) is 5.41 Å². The SMILES string of the molecule is CCN(C(=O)C1NCCCC1(C)C)C1CCCCC1. The van der Waals surface area contributed by atoms with E-state index in [1.807, 2.05) is 0 Å². The highest BCUT2D eigenvalue weighted by molar-refractivity contribution is 5.83. The number of likely N-dealkylation sites (N-methyl/N-ethyl adjacent to an activating group) is 1. The number of nitrogens with one attached hydrogen (secondary N) is 1. The summed E-state index contributed by atoms with van der Waals surface area (Å²) < 4.78 is 0. The van der Waals surface area contributed by atoms with Crippen LogP contribution in [0.3, 0.4) is 0 Å². The van der Waals surface area contributed by atoms with E-state index in [9.17, 15) is 4.79 Å². The number of amides is 1. The molecule has 1 atom stereocenters. The molecule has 3 nitrogen and oxygen atoms in total. The molecule has 0 aromatic heterocycles. The third kappa shape index (κ3) is 3.31. The quantitative estimate of drug-likeness (QED) is 0.852. The molecule has 0 bridgehead atoms. The van der Waals surface area contributed by atoms with Gasteiger partial charge < -0.3 is 10.2 Å². The standard InChI is InChI=1S/C16H30N2O/c1-4-18(13-9-6-5-7-10-13)15(19)14-16(2,3)11-8-12-17-14/h13-14,17H,4-12H2,1-3H3. The maximum Gasteiger partial charge on any atom is 0.240 e. The van der Waals surface area contributed by atoms with Gasteiger partial charge in [0.2, 0.25) is 5.91 Å². The van der Waals surface area contributed by atoms with Gasteiger partial charge in [-0.05, 0) is 44.6 Å². The molecule has 1 saturated carbocycles. The summed E-state index contributed by atoms with van der Waals surface area (Å²) in [7, 11) is 0. The van der Waals surface area contributed by atoms with Crippen LogP contribution < -0.4 is 5.32 Å². The molecule has 2 aliphatic rings. The van der Waals surface area contributed by atoms with Crippen molar-refractivity contribution < 1.29 is 4.79 Å². The van der Waals surface area contributed by atoms with E-state index in [1.54, 1.807) is 0 Å². The van der Waals surface area contributed by atoms with Gasteiger partial charge >= 0.3 is 0 Å². The third-order valence-corrected chi connectivity index (χ3v) is 5.01. The fraction of sp³-hybridized carbons (Fsp3) is 0.938. The Bertz CT molecular complexity index is 308. The van der Waals surface area contributed by atoms with Crippen molar-refractivity contribution in [1.82, 2.24) is 10.2 Å². The highest BCUT2D eigenvalue weighted by Gasteiger charge is 2.40. The second-order valence-electron chi connectivity index (χ2n) is 6.90. The first-order valence-electron chi connectivity index (χ1n) is 8.10. The van der Waals surface area contributed by atoms with E-state index in [-0.39, 0.29) is 11.5 Å². The third-order valence-electron chi connectivity index (χ3n) is 5.01. The zero-order chi connectivity index (χ0) is 13.9. The molecule has 19 heavy (non-hydrogen) atoms. The average molecular weight is 266 g/mol. The molecule has 1 N–H and O–H groups in total. The van der Waals surface area contributed by atoms with Gasteiger partial charge in [-0.2, -0.15) is 0 Å². The van der Waals surface area contributed by atoms with E-state index in [0.29, 0.717) is 11.9 Å². The molecule has 1 aliphatic heterocycles. The number of hydrogen-bond acceptors (Lipinski definition) is 2. The van der Waals surface area contributed by atoms with Crippen LogP contribution in [0.4, 0.5) is 0 Å². The molecule has 0 aromatic rings. The van der Waals surface area contributed by atoms with Crippen LogP contribution in [-0.4, -0.2) is 36.0 Å². The fourth-order valence-electron chi connectivity index (χ4n) is 3.79. The average Bonchev–Trinajstić information content (AvgIpc) is 2.40. The van der Waals surface area contributed by atoms with E-state index in [4.69, 9.17) is 0 Å². The van der Waals surface area contributed by atoms with Crippen molar-refractivity contribution in [3.63, 3.8) is 0 Å². The van der Waals surface area contributed by atoms with Crippen LogP contribution in [0.25, 0.3) is 0 Å². The number of nitrogens with zero attached hydrogens (tertiary/aromatic N) is 1. The normalized spacial score (nSPS) is 28.1. The van der Waals surface area contributed by atoms with Crippen molar-refractivity contribution in [1.29, 1.82) is 0 Å². The van der Waals surface area contributed by atoms with Gasteiger partial charge in [0.05, 0.1) is 6.04 Å². The Morgan fingerprint density at radius 1 is 1.21 bits per heavy atom. The molecule has 0 aromatic carbocycles. The lowest BCUT2D eigenvalue weighted by Gasteiger charge is -2.43. The van der Waals surface area contributed by atoms with Gasteiger partial charge in [0.1, 0.15) is 0 Å². The number of rotatable bonds is 3. The molecule has 1 aliphatic carbocycles. The van der Waals surface area contributed by atoms with E-state index >= 15 is 0 Å². The van der Waals surface area contributed by atoms with Crippen LogP contribution in [0.1, 0.15) is 65.7 Å². The molecule has 0 radical (unpaired) electrons. The summed E-state index contributed by atoms with van der Waals surface area (Å²) >= 11 is 0. The topological polar surface area (TPSA) is 32.3 Å². The van der Waals surface area contributed by atoms with Gasteiger partial charge in [0.15, 0.2) is 0 Å². The van der Waals surface area contributed by atoms with Crippen LogP contribution in [-0.2, 0) is 4.79 Å². The van der Waals surface area contributed by atoms with Crippen molar-refractivity contribution in [2.24, 2.45) is 5.41 Å². The largest absolute Gasteiger partial charge is 0.339 e.